The van der Waals surface area contributed by atoms with Gasteiger partial charge in [0.2, 0.25) is 15.9 Å². The lowest BCUT2D eigenvalue weighted by atomic mass is 10.3. The Hall–Kier alpha value is -1.45. The molecular weight excluding hydrogens is 284 g/mol. The van der Waals surface area contributed by atoms with E-state index in [1.165, 1.54) is 20.8 Å². The molecule has 1 heterocycles. The fourth-order valence-corrected chi connectivity index (χ4v) is 3.20. The van der Waals surface area contributed by atoms with E-state index in [0.717, 1.165) is 0 Å². The van der Waals surface area contributed by atoms with Gasteiger partial charge in [-0.3, -0.25) is 4.79 Å². The number of likely N-dealkylation sites (N-methyl/N-ethyl adjacent to an activating group) is 1. The van der Waals surface area contributed by atoms with Crippen molar-refractivity contribution in [2.24, 2.45) is 0 Å². The zero-order chi connectivity index (χ0) is 15.3. The molecule has 0 bridgehead atoms. The SMILES string of the molecule is CNCCNC(=O)C(C)NS(=O)(=O)c1c(C)noc1C. The molecule has 0 aliphatic heterocycles. The third-order valence-electron chi connectivity index (χ3n) is 2.64. The second kappa shape index (κ2) is 6.82. The van der Waals surface area contributed by atoms with Crippen LogP contribution in [0.15, 0.2) is 9.42 Å². The van der Waals surface area contributed by atoms with Crippen molar-refractivity contribution >= 4 is 15.9 Å². The number of hydrogen-bond acceptors (Lipinski definition) is 6. The molecule has 1 atom stereocenters. The Morgan fingerprint density at radius 1 is 1.35 bits per heavy atom. The van der Waals surface area contributed by atoms with Gasteiger partial charge in [-0.25, -0.2) is 8.42 Å². The van der Waals surface area contributed by atoms with E-state index in [1.54, 1.807) is 7.05 Å². The van der Waals surface area contributed by atoms with Gasteiger partial charge in [-0.2, -0.15) is 4.72 Å². The number of rotatable bonds is 7. The number of sulfonamides is 1. The van der Waals surface area contributed by atoms with Crippen LogP contribution in [-0.4, -0.2) is 45.7 Å². The maximum Gasteiger partial charge on any atom is 0.246 e. The summed E-state index contributed by atoms with van der Waals surface area (Å²) in [5.74, 6) is -0.201. The Kier molecular flexibility index (Phi) is 5.66. The van der Waals surface area contributed by atoms with E-state index < -0.39 is 22.0 Å². The molecule has 0 aliphatic carbocycles. The van der Waals surface area contributed by atoms with Gasteiger partial charge < -0.3 is 15.2 Å². The highest BCUT2D eigenvalue weighted by atomic mass is 32.2. The number of carbonyl (C=O) groups is 1. The highest BCUT2D eigenvalue weighted by Gasteiger charge is 2.27. The van der Waals surface area contributed by atoms with Crippen LogP contribution in [0.4, 0.5) is 0 Å². The average Bonchev–Trinajstić information content (AvgIpc) is 2.69. The van der Waals surface area contributed by atoms with E-state index in [2.05, 4.69) is 20.5 Å². The molecule has 20 heavy (non-hydrogen) atoms. The van der Waals surface area contributed by atoms with Gasteiger partial charge in [0, 0.05) is 13.1 Å². The first kappa shape index (κ1) is 16.6. The standard InChI is InChI=1S/C11H20N4O4S/c1-7-10(9(3)19-14-7)20(17,18)15-8(2)11(16)13-6-5-12-4/h8,12,15H,5-6H2,1-4H3,(H,13,16). The van der Waals surface area contributed by atoms with E-state index in [0.29, 0.717) is 13.1 Å². The molecule has 0 saturated carbocycles. The predicted octanol–water partition coefficient (Wildman–Crippen LogP) is -0.706. The van der Waals surface area contributed by atoms with Crippen molar-refractivity contribution in [3.8, 4) is 0 Å². The lowest BCUT2D eigenvalue weighted by Crippen LogP contribution is -2.46. The first-order valence-corrected chi connectivity index (χ1v) is 7.65. The maximum atomic E-state index is 12.2. The summed E-state index contributed by atoms with van der Waals surface area (Å²) in [6, 6.07) is -0.884. The van der Waals surface area contributed by atoms with Crippen LogP contribution in [0.1, 0.15) is 18.4 Å². The van der Waals surface area contributed by atoms with E-state index >= 15 is 0 Å². The van der Waals surface area contributed by atoms with Crippen LogP contribution in [0.3, 0.4) is 0 Å². The molecule has 0 radical (unpaired) electrons. The topological polar surface area (TPSA) is 113 Å². The van der Waals surface area contributed by atoms with Gasteiger partial charge in [-0.05, 0) is 27.8 Å². The number of aromatic nitrogens is 1. The summed E-state index contributed by atoms with van der Waals surface area (Å²) >= 11 is 0. The number of nitrogens with one attached hydrogen (secondary N) is 3. The number of aryl methyl sites for hydroxylation is 2. The molecule has 1 amide bonds. The van der Waals surface area contributed by atoms with Crippen molar-refractivity contribution < 1.29 is 17.7 Å². The largest absolute Gasteiger partial charge is 0.360 e. The second-order valence-corrected chi connectivity index (χ2v) is 6.04. The van der Waals surface area contributed by atoms with E-state index in [4.69, 9.17) is 4.52 Å². The summed E-state index contributed by atoms with van der Waals surface area (Å²) in [5.41, 5.74) is 0.262. The van der Waals surface area contributed by atoms with Crippen LogP contribution in [0.25, 0.3) is 0 Å². The van der Waals surface area contributed by atoms with Crippen LogP contribution >= 0.6 is 0 Å². The third kappa shape index (κ3) is 4.02. The quantitative estimate of drug-likeness (QED) is 0.574. The Morgan fingerprint density at radius 2 is 2.00 bits per heavy atom. The third-order valence-corrected chi connectivity index (χ3v) is 4.42. The maximum absolute atomic E-state index is 12.2. The highest BCUT2D eigenvalue weighted by molar-refractivity contribution is 7.89. The van der Waals surface area contributed by atoms with Crippen molar-refractivity contribution in [1.82, 2.24) is 20.5 Å². The molecule has 0 spiro atoms. The molecule has 0 saturated heterocycles. The smallest absolute Gasteiger partial charge is 0.246 e. The van der Waals surface area contributed by atoms with Gasteiger partial charge in [0.15, 0.2) is 5.76 Å². The Labute approximate surface area is 118 Å². The normalized spacial score (nSPS) is 13.2. The van der Waals surface area contributed by atoms with Crippen LogP contribution < -0.4 is 15.4 Å². The lowest BCUT2D eigenvalue weighted by molar-refractivity contribution is -0.122. The number of hydrogen-bond donors (Lipinski definition) is 3. The summed E-state index contributed by atoms with van der Waals surface area (Å²) in [7, 11) is -2.08. The van der Waals surface area contributed by atoms with Crippen molar-refractivity contribution in [3.63, 3.8) is 0 Å². The van der Waals surface area contributed by atoms with Gasteiger partial charge >= 0.3 is 0 Å². The molecule has 9 heteroatoms. The van der Waals surface area contributed by atoms with Crippen molar-refractivity contribution in [2.75, 3.05) is 20.1 Å². The van der Waals surface area contributed by atoms with Crippen molar-refractivity contribution in [1.29, 1.82) is 0 Å². The zero-order valence-corrected chi connectivity index (χ0v) is 12.8. The van der Waals surface area contributed by atoms with Crippen LogP contribution in [-0.2, 0) is 14.8 Å². The number of amides is 1. The summed E-state index contributed by atoms with van der Waals surface area (Å²) in [4.78, 5) is 11.7. The molecule has 1 aromatic heterocycles. The number of carbonyl (C=O) groups excluding carboxylic acids is 1. The van der Waals surface area contributed by atoms with E-state index in [1.807, 2.05) is 0 Å². The molecular formula is C11H20N4O4S. The van der Waals surface area contributed by atoms with Gasteiger partial charge in [0.25, 0.3) is 0 Å². The first-order valence-electron chi connectivity index (χ1n) is 6.17. The number of nitrogens with zero attached hydrogens (tertiary/aromatic N) is 1. The van der Waals surface area contributed by atoms with Crippen LogP contribution in [0, 0.1) is 13.8 Å². The zero-order valence-electron chi connectivity index (χ0n) is 12.0. The summed E-state index contributed by atoms with van der Waals surface area (Å²) in [6.07, 6.45) is 0. The van der Waals surface area contributed by atoms with Crippen molar-refractivity contribution in [2.45, 2.75) is 31.7 Å². The van der Waals surface area contributed by atoms with Gasteiger partial charge in [0.05, 0.1) is 6.04 Å². The molecule has 0 aromatic carbocycles. The fraction of sp³-hybridized carbons (Fsp3) is 0.636. The summed E-state index contributed by atoms with van der Waals surface area (Å²) < 4.78 is 31.5. The molecule has 3 N–H and O–H groups in total. The fourth-order valence-electron chi connectivity index (χ4n) is 1.67. The Bertz CT molecular complexity index is 547. The van der Waals surface area contributed by atoms with E-state index in [9.17, 15) is 13.2 Å². The molecule has 1 unspecified atom stereocenters. The van der Waals surface area contributed by atoms with Gasteiger partial charge in [-0.15, -0.1) is 0 Å². The van der Waals surface area contributed by atoms with Gasteiger partial charge in [0.1, 0.15) is 10.6 Å². The summed E-state index contributed by atoms with van der Waals surface area (Å²) in [6.45, 7) is 5.54. The molecule has 0 fully saturated rings. The minimum Gasteiger partial charge on any atom is -0.360 e. The van der Waals surface area contributed by atoms with Crippen LogP contribution in [0.5, 0.6) is 0 Å². The molecule has 1 aromatic rings. The Morgan fingerprint density at radius 3 is 2.50 bits per heavy atom. The lowest BCUT2D eigenvalue weighted by Gasteiger charge is -2.14. The van der Waals surface area contributed by atoms with Crippen LogP contribution in [0.2, 0.25) is 0 Å². The van der Waals surface area contributed by atoms with Gasteiger partial charge in [-0.1, -0.05) is 5.16 Å². The highest BCUT2D eigenvalue weighted by Crippen LogP contribution is 2.18. The average molecular weight is 304 g/mol. The Balaban J connectivity index is 2.74. The minimum atomic E-state index is -3.84. The second-order valence-electron chi connectivity index (χ2n) is 4.39. The monoisotopic (exact) mass is 304 g/mol. The van der Waals surface area contributed by atoms with Crippen molar-refractivity contribution in [3.05, 3.63) is 11.5 Å². The molecule has 114 valence electrons. The van der Waals surface area contributed by atoms with E-state index in [-0.39, 0.29) is 16.3 Å². The first-order chi connectivity index (χ1) is 9.29. The summed E-state index contributed by atoms with van der Waals surface area (Å²) in [5, 5.41) is 9.08. The molecule has 1 rings (SSSR count). The molecule has 0 aliphatic rings. The predicted molar refractivity (Wildman–Crippen MR) is 72.7 cm³/mol. The molecule has 8 nitrogen and oxygen atoms in total. The minimum absolute atomic E-state index is 0.0209.